The van der Waals surface area contributed by atoms with Gasteiger partial charge in [0.05, 0.1) is 17.6 Å². The van der Waals surface area contributed by atoms with Crippen molar-refractivity contribution in [1.29, 1.82) is 0 Å². The lowest BCUT2D eigenvalue weighted by Gasteiger charge is -2.32. The predicted molar refractivity (Wildman–Crippen MR) is 136 cm³/mol. The molecular weight excluding hydrogens is 440 g/mol. The van der Waals surface area contributed by atoms with Crippen LogP contribution in [0.15, 0.2) is 66.7 Å². The number of hydrogen-bond donors (Lipinski definition) is 2. The molecule has 7 heteroatoms. The van der Waals surface area contributed by atoms with Crippen LogP contribution in [0.5, 0.6) is 11.5 Å². The molecule has 0 saturated carbocycles. The minimum absolute atomic E-state index is 0.379. The Balaban J connectivity index is 1.17. The van der Waals surface area contributed by atoms with Crippen LogP contribution in [0.3, 0.4) is 0 Å². The number of benzene rings is 3. The van der Waals surface area contributed by atoms with Gasteiger partial charge in [0, 0.05) is 30.6 Å². The number of rotatable bonds is 7. The van der Waals surface area contributed by atoms with E-state index in [1.807, 2.05) is 24.3 Å². The molecule has 5 rings (SSSR count). The molecule has 1 aliphatic rings. The molecule has 1 amide bonds. The number of likely N-dealkylation sites (tertiary alicyclic amines) is 1. The molecule has 1 unspecified atom stereocenters. The minimum Gasteiger partial charge on any atom is -0.493 e. The van der Waals surface area contributed by atoms with Crippen molar-refractivity contribution >= 4 is 17.1 Å². The van der Waals surface area contributed by atoms with Crippen molar-refractivity contribution < 1.29 is 14.3 Å². The highest BCUT2D eigenvalue weighted by molar-refractivity contribution is 5.81. The fraction of sp³-hybridized carbons (Fsp3) is 0.286. The summed E-state index contributed by atoms with van der Waals surface area (Å²) in [5, 5.41) is 0. The molecule has 3 aromatic carbocycles. The number of H-pyrrole nitrogens is 1. The zero-order valence-corrected chi connectivity index (χ0v) is 19.9. The van der Waals surface area contributed by atoms with E-state index < -0.39 is 6.09 Å². The van der Waals surface area contributed by atoms with E-state index in [-0.39, 0.29) is 0 Å². The van der Waals surface area contributed by atoms with Gasteiger partial charge >= 0.3 is 6.09 Å². The number of nitrogens with two attached hydrogens (primary N) is 1. The van der Waals surface area contributed by atoms with E-state index in [1.54, 1.807) is 18.2 Å². The van der Waals surface area contributed by atoms with Gasteiger partial charge in [-0.3, -0.25) is 4.90 Å². The minimum atomic E-state index is -0.841. The number of primary amides is 1. The molecule has 0 aliphatic carbocycles. The summed E-state index contributed by atoms with van der Waals surface area (Å²) in [6, 6.07) is 22.0. The summed E-state index contributed by atoms with van der Waals surface area (Å²) in [6.07, 6.45) is 1.56. The Morgan fingerprint density at radius 3 is 2.63 bits per heavy atom. The van der Waals surface area contributed by atoms with E-state index in [2.05, 4.69) is 46.1 Å². The lowest BCUT2D eigenvalue weighted by molar-refractivity contribution is 0.125. The number of fused-ring (bicyclic) bond motifs is 1. The molecule has 1 aromatic heterocycles. The molecule has 1 atom stereocenters. The lowest BCUT2D eigenvalue weighted by Crippen LogP contribution is -2.37. The molecule has 4 aromatic rings. The van der Waals surface area contributed by atoms with E-state index in [1.165, 1.54) is 24.0 Å². The molecule has 3 N–H and O–H groups in total. The van der Waals surface area contributed by atoms with E-state index in [9.17, 15) is 4.79 Å². The monoisotopic (exact) mass is 470 g/mol. The number of aromatic amines is 1. The normalized spacial score (nSPS) is 16.3. The van der Waals surface area contributed by atoms with Gasteiger partial charge in [-0.2, -0.15) is 0 Å². The first-order valence-electron chi connectivity index (χ1n) is 12.0. The number of carbonyl (C=O) groups excluding carboxylic acids is 1. The maximum Gasteiger partial charge on any atom is 0.409 e. The number of piperidine rings is 1. The number of amides is 1. The van der Waals surface area contributed by atoms with Gasteiger partial charge in [-0.15, -0.1) is 0 Å². The molecule has 1 fully saturated rings. The van der Waals surface area contributed by atoms with Crippen LogP contribution in [-0.4, -0.2) is 40.7 Å². The van der Waals surface area contributed by atoms with Crippen molar-refractivity contribution in [1.82, 2.24) is 14.9 Å². The van der Waals surface area contributed by atoms with Crippen molar-refractivity contribution in [3.05, 3.63) is 77.9 Å². The number of imidazole rings is 1. The molecule has 1 aliphatic heterocycles. The topological polar surface area (TPSA) is 93.5 Å². The second-order valence-corrected chi connectivity index (χ2v) is 9.25. The Morgan fingerprint density at radius 1 is 1.09 bits per heavy atom. The van der Waals surface area contributed by atoms with Crippen LogP contribution in [0, 0.1) is 12.8 Å². The first-order valence-corrected chi connectivity index (χ1v) is 12.0. The molecule has 1 saturated heterocycles. The number of nitrogens with one attached hydrogen (secondary N) is 1. The number of carbonyl (C=O) groups is 1. The molecule has 35 heavy (non-hydrogen) atoms. The van der Waals surface area contributed by atoms with Crippen LogP contribution in [-0.2, 0) is 6.54 Å². The average molecular weight is 471 g/mol. The molecular formula is C28H30N4O3. The van der Waals surface area contributed by atoms with Gasteiger partial charge in [0.2, 0.25) is 0 Å². The van der Waals surface area contributed by atoms with Crippen molar-refractivity contribution in [2.75, 3.05) is 19.7 Å². The van der Waals surface area contributed by atoms with E-state index in [0.29, 0.717) is 11.7 Å². The first kappa shape index (κ1) is 22.9. The second-order valence-electron chi connectivity index (χ2n) is 9.25. The maximum absolute atomic E-state index is 11.0. The number of aryl methyl sites for hydroxylation is 1. The van der Waals surface area contributed by atoms with Crippen LogP contribution in [0.4, 0.5) is 4.79 Å². The van der Waals surface area contributed by atoms with Crippen molar-refractivity contribution in [3.8, 4) is 22.9 Å². The van der Waals surface area contributed by atoms with Crippen LogP contribution in [0.1, 0.15) is 24.0 Å². The van der Waals surface area contributed by atoms with Gasteiger partial charge in [0.15, 0.2) is 0 Å². The van der Waals surface area contributed by atoms with Crippen LogP contribution in [0.2, 0.25) is 0 Å². The summed E-state index contributed by atoms with van der Waals surface area (Å²) in [7, 11) is 0. The zero-order valence-electron chi connectivity index (χ0n) is 19.9. The van der Waals surface area contributed by atoms with Crippen molar-refractivity contribution in [2.45, 2.75) is 26.3 Å². The third kappa shape index (κ3) is 5.81. The SMILES string of the molecule is Cc1ccc(CN2CCCC(COc3ccc(-c4nc5ccc(OC(N)=O)cc5[nH]4)cc3)C2)cc1. The fourth-order valence-corrected chi connectivity index (χ4v) is 4.61. The van der Waals surface area contributed by atoms with Gasteiger partial charge in [-0.1, -0.05) is 29.8 Å². The molecule has 7 nitrogen and oxygen atoms in total. The Morgan fingerprint density at radius 2 is 1.86 bits per heavy atom. The quantitative estimate of drug-likeness (QED) is 0.383. The van der Waals surface area contributed by atoms with Gasteiger partial charge in [-0.25, -0.2) is 9.78 Å². The number of nitrogens with zero attached hydrogens (tertiary/aromatic N) is 2. The summed E-state index contributed by atoms with van der Waals surface area (Å²) in [5.41, 5.74) is 10.3. The summed E-state index contributed by atoms with van der Waals surface area (Å²) in [6.45, 7) is 6.05. The van der Waals surface area contributed by atoms with Gasteiger partial charge in [-0.05, 0) is 68.3 Å². The van der Waals surface area contributed by atoms with Gasteiger partial charge in [0.25, 0.3) is 0 Å². The van der Waals surface area contributed by atoms with E-state index >= 15 is 0 Å². The smallest absolute Gasteiger partial charge is 0.409 e. The molecule has 0 spiro atoms. The van der Waals surface area contributed by atoms with Gasteiger partial charge in [0.1, 0.15) is 17.3 Å². The Bertz CT molecular complexity index is 1300. The third-order valence-electron chi connectivity index (χ3n) is 6.42. The molecule has 2 heterocycles. The highest BCUT2D eigenvalue weighted by Crippen LogP contribution is 2.26. The summed E-state index contributed by atoms with van der Waals surface area (Å²) >= 11 is 0. The predicted octanol–water partition coefficient (Wildman–Crippen LogP) is 5.29. The highest BCUT2D eigenvalue weighted by atomic mass is 16.5. The van der Waals surface area contributed by atoms with Crippen LogP contribution in [0.25, 0.3) is 22.4 Å². The highest BCUT2D eigenvalue weighted by Gasteiger charge is 2.20. The van der Waals surface area contributed by atoms with Crippen molar-refractivity contribution in [3.63, 3.8) is 0 Å². The van der Waals surface area contributed by atoms with E-state index in [4.69, 9.17) is 15.2 Å². The molecule has 0 bridgehead atoms. The average Bonchev–Trinajstić information content (AvgIpc) is 3.28. The van der Waals surface area contributed by atoms with Crippen LogP contribution >= 0.6 is 0 Å². The standard InChI is InChI=1S/C28H30N4O3/c1-19-4-6-20(7-5-19)16-32-14-2-3-21(17-32)18-34-23-10-8-22(9-11-23)27-30-25-13-12-24(35-28(29)33)15-26(25)31-27/h4-13,15,21H,2-3,14,16-18H2,1H3,(H2,29,33)(H,30,31). The first-order chi connectivity index (χ1) is 17.0. The maximum atomic E-state index is 11.0. The molecule has 180 valence electrons. The largest absolute Gasteiger partial charge is 0.493 e. The Labute approximate surface area is 204 Å². The fourth-order valence-electron chi connectivity index (χ4n) is 4.61. The number of aromatic nitrogens is 2. The van der Waals surface area contributed by atoms with Crippen molar-refractivity contribution in [2.24, 2.45) is 11.7 Å². The van der Waals surface area contributed by atoms with Crippen LogP contribution < -0.4 is 15.2 Å². The molecule has 0 radical (unpaired) electrons. The van der Waals surface area contributed by atoms with E-state index in [0.717, 1.165) is 54.4 Å². The second kappa shape index (κ2) is 10.2. The summed E-state index contributed by atoms with van der Waals surface area (Å²) in [4.78, 5) is 21.4. The van der Waals surface area contributed by atoms with Gasteiger partial charge < -0.3 is 20.2 Å². The Hall–Kier alpha value is -3.84. The third-order valence-corrected chi connectivity index (χ3v) is 6.42. The zero-order chi connectivity index (χ0) is 24.2. The number of hydrogen-bond acceptors (Lipinski definition) is 5. The Kier molecular flexibility index (Phi) is 6.68. The summed E-state index contributed by atoms with van der Waals surface area (Å²) < 4.78 is 11.1. The lowest BCUT2D eigenvalue weighted by atomic mass is 9.98. The number of ether oxygens (including phenoxy) is 2. The summed E-state index contributed by atoms with van der Waals surface area (Å²) in [5.74, 6) is 2.50.